The van der Waals surface area contributed by atoms with E-state index in [9.17, 15) is 4.39 Å². The lowest BCUT2D eigenvalue weighted by atomic mass is 9.96. The molecule has 2 aromatic carbocycles. The molecule has 0 heterocycles. The zero-order valence-corrected chi connectivity index (χ0v) is 12.0. The lowest BCUT2D eigenvalue weighted by molar-refractivity contribution is 0.624. The molecule has 1 atom stereocenters. The quantitative estimate of drug-likeness (QED) is 0.842. The normalized spacial score (nSPS) is 12.4. The van der Waals surface area contributed by atoms with E-state index in [1.54, 1.807) is 17.8 Å². The summed E-state index contributed by atoms with van der Waals surface area (Å²) in [5.74, 6) is 0.839. The zero-order valence-electron chi connectivity index (χ0n) is 11.2. The molecule has 3 heteroatoms. The number of hydrogen-bond acceptors (Lipinski definition) is 2. The minimum atomic E-state index is -0.219. The fourth-order valence-electron chi connectivity index (χ4n) is 2.11. The van der Waals surface area contributed by atoms with Crippen LogP contribution in [0.2, 0.25) is 0 Å². The molecule has 19 heavy (non-hydrogen) atoms. The number of benzene rings is 2. The van der Waals surface area contributed by atoms with Crippen molar-refractivity contribution < 1.29 is 4.39 Å². The molecule has 2 rings (SSSR count). The van der Waals surface area contributed by atoms with E-state index in [0.717, 1.165) is 22.4 Å². The zero-order chi connectivity index (χ0) is 13.8. The fourth-order valence-corrected chi connectivity index (χ4v) is 2.77. The molecular weight excluding hydrogens is 257 g/mol. The first-order valence-corrected chi connectivity index (χ1v) is 7.34. The first-order chi connectivity index (χ1) is 9.11. The summed E-state index contributed by atoms with van der Waals surface area (Å²) < 4.78 is 13.1. The first kappa shape index (κ1) is 14.1. The van der Waals surface area contributed by atoms with Crippen LogP contribution in [0, 0.1) is 12.7 Å². The Morgan fingerprint density at radius 2 is 1.84 bits per heavy atom. The Hall–Kier alpha value is -1.32. The molecule has 0 saturated carbocycles. The Balaban J connectivity index is 2.25. The molecule has 0 saturated heterocycles. The Morgan fingerprint density at radius 1 is 1.16 bits per heavy atom. The van der Waals surface area contributed by atoms with Crippen LogP contribution in [0.4, 0.5) is 4.39 Å². The summed E-state index contributed by atoms with van der Waals surface area (Å²) in [7, 11) is 0. The standard InChI is InChI=1S/C16H18FNS/c1-3-19-14-7-4-12(5-8-14)16(18)15-9-6-13(17)10-11(15)2/h4-10,16H,3,18H2,1-2H3. The fraction of sp³-hybridized carbons (Fsp3) is 0.250. The van der Waals surface area contributed by atoms with Crippen LogP contribution in [0.1, 0.15) is 29.7 Å². The molecule has 100 valence electrons. The monoisotopic (exact) mass is 275 g/mol. The number of nitrogens with two attached hydrogens (primary N) is 1. The summed E-state index contributed by atoms with van der Waals surface area (Å²) in [5, 5.41) is 0. The number of aryl methyl sites for hydroxylation is 1. The van der Waals surface area contributed by atoms with Crippen LogP contribution in [0.5, 0.6) is 0 Å². The van der Waals surface area contributed by atoms with Crippen molar-refractivity contribution in [2.24, 2.45) is 5.73 Å². The second-order valence-corrected chi connectivity index (χ2v) is 5.82. The van der Waals surface area contributed by atoms with Crippen molar-refractivity contribution in [3.8, 4) is 0 Å². The van der Waals surface area contributed by atoms with Gasteiger partial charge in [0.2, 0.25) is 0 Å². The molecular formula is C16H18FNS. The molecule has 0 aliphatic heterocycles. The second-order valence-electron chi connectivity index (χ2n) is 4.48. The van der Waals surface area contributed by atoms with Crippen LogP contribution in [0.15, 0.2) is 47.4 Å². The van der Waals surface area contributed by atoms with E-state index >= 15 is 0 Å². The van der Waals surface area contributed by atoms with Gasteiger partial charge in [0.1, 0.15) is 5.82 Å². The van der Waals surface area contributed by atoms with Crippen molar-refractivity contribution in [1.82, 2.24) is 0 Å². The van der Waals surface area contributed by atoms with Gasteiger partial charge in [0.05, 0.1) is 6.04 Å². The molecule has 2 N–H and O–H groups in total. The van der Waals surface area contributed by atoms with Crippen molar-refractivity contribution in [1.29, 1.82) is 0 Å². The summed E-state index contributed by atoms with van der Waals surface area (Å²) in [4.78, 5) is 1.24. The van der Waals surface area contributed by atoms with E-state index in [2.05, 4.69) is 19.1 Å². The van der Waals surface area contributed by atoms with Crippen LogP contribution < -0.4 is 5.73 Å². The third-order valence-electron chi connectivity index (χ3n) is 3.12. The molecule has 1 unspecified atom stereocenters. The SMILES string of the molecule is CCSc1ccc(C(N)c2ccc(F)cc2C)cc1. The van der Waals surface area contributed by atoms with Crippen molar-refractivity contribution in [3.63, 3.8) is 0 Å². The molecule has 0 fully saturated rings. The van der Waals surface area contributed by atoms with E-state index in [0.29, 0.717) is 0 Å². The van der Waals surface area contributed by atoms with Gasteiger partial charge < -0.3 is 5.73 Å². The van der Waals surface area contributed by atoms with E-state index in [4.69, 9.17) is 5.73 Å². The van der Waals surface area contributed by atoms with Gasteiger partial charge in [0.25, 0.3) is 0 Å². The average molecular weight is 275 g/mol. The van der Waals surface area contributed by atoms with Gasteiger partial charge in [-0.1, -0.05) is 25.1 Å². The molecule has 0 aliphatic rings. The highest BCUT2D eigenvalue weighted by Gasteiger charge is 2.11. The Kier molecular flexibility index (Phi) is 4.61. The number of thioether (sulfide) groups is 1. The minimum Gasteiger partial charge on any atom is -0.320 e. The van der Waals surface area contributed by atoms with Gasteiger partial charge in [-0.3, -0.25) is 0 Å². The third-order valence-corrected chi connectivity index (χ3v) is 4.01. The van der Waals surface area contributed by atoms with Crippen LogP contribution in [-0.2, 0) is 0 Å². The van der Waals surface area contributed by atoms with Crippen molar-refractivity contribution in [2.45, 2.75) is 24.8 Å². The van der Waals surface area contributed by atoms with E-state index in [1.165, 1.54) is 17.0 Å². The van der Waals surface area contributed by atoms with Crippen molar-refractivity contribution in [2.75, 3.05) is 5.75 Å². The summed E-state index contributed by atoms with van der Waals surface area (Å²) >= 11 is 1.81. The molecule has 0 aromatic heterocycles. The molecule has 0 spiro atoms. The maximum atomic E-state index is 13.1. The van der Waals surface area contributed by atoms with E-state index < -0.39 is 0 Å². The predicted molar refractivity (Wildman–Crippen MR) is 80.0 cm³/mol. The van der Waals surface area contributed by atoms with Crippen LogP contribution in [0.25, 0.3) is 0 Å². The predicted octanol–water partition coefficient (Wildman–Crippen LogP) is 4.29. The van der Waals surface area contributed by atoms with Crippen LogP contribution in [-0.4, -0.2) is 5.75 Å². The average Bonchev–Trinajstić information content (AvgIpc) is 2.39. The van der Waals surface area contributed by atoms with E-state index in [1.807, 2.05) is 19.1 Å². The molecule has 2 aromatic rings. The van der Waals surface area contributed by atoms with Gasteiger partial charge in [-0.2, -0.15) is 0 Å². The maximum absolute atomic E-state index is 13.1. The summed E-state index contributed by atoms with van der Waals surface area (Å²) in [6.45, 7) is 4.02. The molecule has 0 bridgehead atoms. The second kappa shape index (κ2) is 6.22. The van der Waals surface area contributed by atoms with Crippen molar-refractivity contribution in [3.05, 3.63) is 65.0 Å². The summed E-state index contributed by atoms with van der Waals surface area (Å²) in [6, 6.07) is 12.8. The topological polar surface area (TPSA) is 26.0 Å². The molecule has 0 aliphatic carbocycles. The largest absolute Gasteiger partial charge is 0.320 e. The highest BCUT2D eigenvalue weighted by atomic mass is 32.2. The Morgan fingerprint density at radius 3 is 2.42 bits per heavy atom. The van der Waals surface area contributed by atoms with E-state index in [-0.39, 0.29) is 11.9 Å². The highest BCUT2D eigenvalue weighted by molar-refractivity contribution is 7.99. The summed E-state index contributed by atoms with van der Waals surface area (Å²) in [6.07, 6.45) is 0. The smallest absolute Gasteiger partial charge is 0.123 e. The van der Waals surface area contributed by atoms with Crippen LogP contribution >= 0.6 is 11.8 Å². The summed E-state index contributed by atoms with van der Waals surface area (Å²) in [5.41, 5.74) is 9.17. The van der Waals surface area contributed by atoms with Gasteiger partial charge in [-0.05, 0) is 53.6 Å². The van der Waals surface area contributed by atoms with Crippen molar-refractivity contribution >= 4 is 11.8 Å². The van der Waals surface area contributed by atoms with Gasteiger partial charge >= 0.3 is 0 Å². The minimum absolute atomic E-state index is 0.207. The van der Waals surface area contributed by atoms with Gasteiger partial charge in [-0.15, -0.1) is 11.8 Å². The maximum Gasteiger partial charge on any atom is 0.123 e. The third kappa shape index (κ3) is 3.37. The molecule has 1 nitrogen and oxygen atoms in total. The number of halogens is 1. The highest BCUT2D eigenvalue weighted by Crippen LogP contribution is 2.25. The van der Waals surface area contributed by atoms with Gasteiger partial charge in [-0.25, -0.2) is 4.39 Å². The number of rotatable bonds is 4. The number of hydrogen-bond donors (Lipinski definition) is 1. The van der Waals surface area contributed by atoms with Gasteiger partial charge in [0, 0.05) is 4.90 Å². The Labute approximate surface area is 118 Å². The van der Waals surface area contributed by atoms with Crippen LogP contribution in [0.3, 0.4) is 0 Å². The Bertz CT molecular complexity index is 551. The first-order valence-electron chi connectivity index (χ1n) is 6.36. The molecule has 0 radical (unpaired) electrons. The lowest BCUT2D eigenvalue weighted by Gasteiger charge is -2.15. The molecule has 0 amide bonds. The van der Waals surface area contributed by atoms with Gasteiger partial charge in [0.15, 0.2) is 0 Å². The lowest BCUT2D eigenvalue weighted by Crippen LogP contribution is -2.13.